The van der Waals surface area contributed by atoms with Crippen LogP contribution in [0.25, 0.3) is 11.0 Å². The van der Waals surface area contributed by atoms with Crippen LogP contribution in [0.3, 0.4) is 0 Å². The molecule has 0 N–H and O–H groups in total. The molecule has 0 amide bonds. The van der Waals surface area contributed by atoms with Gasteiger partial charge in [0.15, 0.2) is 5.52 Å². The molecule has 1 atom stereocenters. The molecule has 0 spiro atoms. The Morgan fingerprint density at radius 3 is 3.22 bits per heavy atom. The summed E-state index contributed by atoms with van der Waals surface area (Å²) in [5.41, 5.74) is 1.03. The maximum Gasteiger partial charge on any atom is 0.279 e. The molecule has 18 heavy (non-hydrogen) atoms. The van der Waals surface area contributed by atoms with Gasteiger partial charge in [-0.05, 0) is 25.0 Å². The predicted molar refractivity (Wildman–Crippen MR) is 67.3 cm³/mol. The maximum atomic E-state index is 12.2. The van der Waals surface area contributed by atoms with E-state index in [1.807, 2.05) is 0 Å². The first kappa shape index (κ1) is 11.3. The molecular formula is C13H15N3O2. The standard InChI is InChI=1S/C13H15N3O2/c17-13-12-11(4-1-5-14-12)15-9-16(13)7-10-3-2-6-18-8-10/h1,4-5,9-10H,2-3,6-8H2/t10-/m0/s1. The van der Waals surface area contributed by atoms with Gasteiger partial charge >= 0.3 is 0 Å². The van der Waals surface area contributed by atoms with Crippen molar-refractivity contribution in [2.45, 2.75) is 19.4 Å². The first-order chi connectivity index (χ1) is 8.84. The van der Waals surface area contributed by atoms with Crippen LogP contribution in [0.1, 0.15) is 12.8 Å². The number of hydrogen-bond acceptors (Lipinski definition) is 4. The summed E-state index contributed by atoms with van der Waals surface area (Å²) in [6.07, 6.45) is 5.41. The highest BCUT2D eigenvalue weighted by molar-refractivity contribution is 5.71. The molecule has 2 aromatic heterocycles. The molecule has 5 heteroatoms. The molecule has 0 aliphatic carbocycles. The summed E-state index contributed by atoms with van der Waals surface area (Å²) in [5.74, 6) is 0.402. The van der Waals surface area contributed by atoms with E-state index in [0.717, 1.165) is 26.1 Å². The first-order valence-corrected chi connectivity index (χ1v) is 6.22. The molecule has 1 aliphatic rings. The molecule has 5 nitrogen and oxygen atoms in total. The third-order valence-electron chi connectivity index (χ3n) is 3.30. The highest BCUT2D eigenvalue weighted by Gasteiger charge is 2.15. The van der Waals surface area contributed by atoms with Gasteiger partial charge in [-0.1, -0.05) is 0 Å². The minimum Gasteiger partial charge on any atom is -0.381 e. The number of pyridine rings is 1. The quantitative estimate of drug-likeness (QED) is 0.798. The normalized spacial score (nSPS) is 20.1. The fourth-order valence-electron chi connectivity index (χ4n) is 2.35. The lowest BCUT2D eigenvalue weighted by molar-refractivity contribution is 0.0479. The van der Waals surface area contributed by atoms with Gasteiger partial charge in [0.1, 0.15) is 0 Å². The van der Waals surface area contributed by atoms with Gasteiger partial charge in [0.2, 0.25) is 0 Å². The third kappa shape index (κ3) is 2.13. The van der Waals surface area contributed by atoms with Crippen LogP contribution in [-0.4, -0.2) is 27.7 Å². The largest absolute Gasteiger partial charge is 0.381 e. The van der Waals surface area contributed by atoms with E-state index in [9.17, 15) is 4.79 Å². The molecule has 0 aromatic carbocycles. The first-order valence-electron chi connectivity index (χ1n) is 6.22. The van der Waals surface area contributed by atoms with Crippen LogP contribution in [0.4, 0.5) is 0 Å². The van der Waals surface area contributed by atoms with Gasteiger partial charge in [0.25, 0.3) is 5.56 Å². The monoisotopic (exact) mass is 245 g/mol. The van der Waals surface area contributed by atoms with E-state index in [-0.39, 0.29) is 5.56 Å². The Balaban J connectivity index is 1.92. The van der Waals surface area contributed by atoms with Crippen molar-refractivity contribution in [1.29, 1.82) is 0 Å². The fourth-order valence-corrected chi connectivity index (χ4v) is 2.35. The molecule has 3 heterocycles. The molecular weight excluding hydrogens is 230 g/mol. The Morgan fingerprint density at radius 1 is 1.44 bits per heavy atom. The van der Waals surface area contributed by atoms with Gasteiger partial charge in [-0.2, -0.15) is 0 Å². The summed E-state index contributed by atoms with van der Waals surface area (Å²) in [7, 11) is 0. The summed E-state index contributed by atoms with van der Waals surface area (Å²) in [6, 6.07) is 3.59. The molecule has 0 saturated carbocycles. The van der Waals surface area contributed by atoms with Crippen LogP contribution in [0, 0.1) is 5.92 Å². The van der Waals surface area contributed by atoms with E-state index < -0.39 is 0 Å². The van der Waals surface area contributed by atoms with E-state index in [4.69, 9.17) is 4.74 Å². The molecule has 0 bridgehead atoms. The number of aromatic nitrogens is 3. The van der Waals surface area contributed by atoms with Crippen LogP contribution in [0.15, 0.2) is 29.5 Å². The second kappa shape index (κ2) is 4.86. The lowest BCUT2D eigenvalue weighted by atomic mass is 10.0. The number of nitrogens with zero attached hydrogens (tertiary/aromatic N) is 3. The van der Waals surface area contributed by atoms with Crippen LogP contribution in [-0.2, 0) is 11.3 Å². The smallest absolute Gasteiger partial charge is 0.279 e. The molecule has 1 aliphatic heterocycles. The van der Waals surface area contributed by atoms with Crippen molar-refractivity contribution in [1.82, 2.24) is 14.5 Å². The van der Waals surface area contributed by atoms with Crippen molar-refractivity contribution in [2.24, 2.45) is 5.92 Å². The number of ether oxygens (including phenoxy) is 1. The van der Waals surface area contributed by atoms with Crippen LogP contribution < -0.4 is 5.56 Å². The molecule has 94 valence electrons. The van der Waals surface area contributed by atoms with Gasteiger partial charge < -0.3 is 4.74 Å². The Hall–Kier alpha value is -1.75. The Labute approximate surface area is 104 Å². The summed E-state index contributed by atoms with van der Waals surface area (Å²) in [4.78, 5) is 20.6. The summed E-state index contributed by atoms with van der Waals surface area (Å²) >= 11 is 0. The minimum absolute atomic E-state index is 0.0637. The van der Waals surface area contributed by atoms with E-state index >= 15 is 0 Å². The average molecular weight is 245 g/mol. The highest BCUT2D eigenvalue weighted by Crippen LogP contribution is 2.15. The van der Waals surface area contributed by atoms with Crippen molar-refractivity contribution in [3.05, 3.63) is 35.0 Å². The Morgan fingerprint density at radius 2 is 2.39 bits per heavy atom. The van der Waals surface area contributed by atoms with Crippen LogP contribution >= 0.6 is 0 Å². The summed E-state index contributed by atoms with van der Waals surface area (Å²) in [6.45, 7) is 2.23. The molecule has 1 fully saturated rings. The van der Waals surface area contributed by atoms with Crippen molar-refractivity contribution in [3.63, 3.8) is 0 Å². The average Bonchev–Trinajstić information content (AvgIpc) is 2.43. The van der Waals surface area contributed by atoms with E-state index in [0.29, 0.717) is 23.5 Å². The molecule has 2 aromatic rings. The zero-order valence-corrected chi connectivity index (χ0v) is 10.1. The van der Waals surface area contributed by atoms with Crippen molar-refractivity contribution in [2.75, 3.05) is 13.2 Å². The second-order valence-corrected chi connectivity index (χ2v) is 4.66. The molecule has 3 rings (SSSR count). The van der Waals surface area contributed by atoms with E-state index in [1.54, 1.807) is 29.2 Å². The number of hydrogen-bond donors (Lipinski definition) is 0. The molecule has 0 unspecified atom stereocenters. The third-order valence-corrected chi connectivity index (χ3v) is 3.30. The van der Waals surface area contributed by atoms with Gasteiger partial charge in [0.05, 0.1) is 18.5 Å². The Bertz CT molecular complexity index is 602. The fraction of sp³-hybridized carbons (Fsp3) is 0.462. The van der Waals surface area contributed by atoms with Crippen LogP contribution in [0.5, 0.6) is 0 Å². The van der Waals surface area contributed by atoms with Gasteiger partial charge in [0, 0.05) is 25.3 Å². The second-order valence-electron chi connectivity index (χ2n) is 4.66. The topological polar surface area (TPSA) is 57.0 Å². The van der Waals surface area contributed by atoms with E-state index in [2.05, 4.69) is 9.97 Å². The summed E-state index contributed by atoms with van der Waals surface area (Å²) < 4.78 is 7.08. The van der Waals surface area contributed by atoms with Crippen molar-refractivity contribution < 1.29 is 4.74 Å². The lowest BCUT2D eigenvalue weighted by Gasteiger charge is -2.22. The van der Waals surface area contributed by atoms with Crippen molar-refractivity contribution >= 4 is 11.0 Å². The van der Waals surface area contributed by atoms with E-state index in [1.165, 1.54) is 0 Å². The number of fused-ring (bicyclic) bond motifs is 1. The molecule has 1 saturated heterocycles. The summed E-state index contributed by atoms with van der Waals surface area (Å²) in [5, 5.41) is 0. The number of rotatable bonds is 2. The minimum atomic E-state index is -0.0637. The zero-order valence-electron chi connectivity index (χ0n) is 10.1. The Kier molecular flexibility index (Phi) is 3.06. The van der Waals surface area contributed by atoms with Crippen molar-refractivity contribution in [3.8, 4) is 0 Å². The SMILES string of the molecule is O=c1c2ncccc2ncn1C[C@@H]1CCCOC1. The predicted octanol–water partition coefficient (Wildman–Crippen LogP) is 1.22. The van der Waals surface area contributed by atoms with Gasteiger partial charge in [-0.15, -0.1) is 0 Å². The highest BCUT2D eigenvalue weighted by atomic mass is 16.5. The lowest BCUT2D eigenvalue weighted by Crippen LogP contribution is -2.29. The van der Waals surface area contributed by atoms with Gasteiger partial charge in [-0.25, -0.2) is 9.97 Å². The zero-order chi connectivity index (χ0) is 12.4. The maximum absolute atomic E-state index is 12.2. The molecule has 0 radical (unpaired) electrons. The van der Waals surface area contributed by atoms with Crippen LogP contribution in [0.2, 0.25) is 0 Å². The van der Waals surface area contributed by atoms with Gasteiger partial charge in [-0.3, -0.25) is 9.36 Å².